The van der Waals surface area contributed by atoms with Crippen LogP contribution in [0.15, 0.2) is 109 Å². The van der Waals surface area contributed by atoms with Crippen molar-refractivity contribution in [2.24, 2.45) is 23.7 Å². The Bertz CT molecular complexity index is 2210. The number of nitrogens with one attached hydrogen (secondary N) is 1. The van der Waals surface area contributed by atoms with Crippen LogP contribution in [-0.4, -0.2) is 60.0 Å². The van der Waals surface area contributed by atoms with Crippen LogP contribution in [-0.2, 0) is 29.3 Å². The standard InChI is InChI=1S/C42H36ClFN4O6/c43-25-7-5-24(6-8-25)42-34(39(51)48(41(42)53)45-27-11-9-26(44)10-12-27)23-33-30(37(42)31-3-1-2-4-35(31)49)17-18-32-36(33)40(52)47(38(32)50)29-15-13-28(14-16-29)46-19-21-54-22-20-46/h1-17,32-34,36-37,45,49H,18-23H2/t32-,33+,34-,36-,37+,42+/m0/s1. The number of allylic oxidation sites excluding steroid dienone is 2. The first-order valence-electron chi connectivity index (χ1n) is 18.1. The van der Waals surface area contributed by atoms with E-state index in [1.165, 1.54) is 35.2 Å². The monoisotopic (exact) mass is 746 g/mol. The third kappa shape index (κ3) is 5.16. The zero-order chi connectivity index (χ0) is 37.3. The molecule has 10 nitrogen and oxygen atoms in total. The summed E-state index contributed by atoms with van der Waals surface area (Å²) in [4.78, 5) is 62.3. The van der Waals surface area contributed by atoms with E-state index in [9.17, 15) is 23.9 Å². The average molecular weight is 747 g/mol. The molecule has 4 aromatic rings. The van der Waals surface area contributed by atoms with Gasteiger partial charge in [0, 0.05) is 35.3 Å². The number of phenols is 1. The SMILES string of the molecule is O=C1[C@@H]2C[C@@H]3C(=CC[C@@H]4C(=O)N(c5ccc(N6CCOCC6)cc5)C(=O)[C@@H]43)[C@H](c3ccccc3O)[C@]2(c2ccc(Cl)cc2)C(=O)N1Nc1ccc(F)cc1. The van der Waals surface area contributed by atoms with Gasteiger partial charge in [-0.05, 0) is 91.1 Å². The minimum atomic E-state index is -1.58. The Balaban J connectivity index is 1.16. The summed E-state index contributed by atoms with van der Waals surface area (Å²) < 4.78 is 19.4. The van der Waals surface area contributed by atoms with E-state index in [1.54, 1.807) is 54.6 Å². The number of morpholine rings is 1. The van der Waals surface area contributed by atoms with Crippen molar-refractivity contribution in [1.29, 1.82) is 0 Å². The van der Waals surface area contributed by atoms with Crippen LogP contribution < -0.4 is 15.2 Å². The van der Waals surface area contributed by atoms with E-state index in [0.717, 1.165) is 29.4 Å². The van der Waals surface area contributed by atoms with Crippen LogP contribution in [0.4, 0.5) is 21.5 Å². The molecule has 0 bridgehead atoms. The number of hydrogen-bond donors (Lipinski definition) is 2. The summed E-state index contributed by atoms with van der Waals surface area (Å²) in [6.07, 6.45) is 2.28. The van der Waals surface area contributed by atoms with Gasteiger partial charge in [-0.15, -0.1) is 0 Å². The van der Waals surface area contributed by atoms with Gasteiger partial charge in [-0.25, -0.2) is 4.39 Å². The molecule has 3 aliphatic heterocycles. The Hall–Kier alpha value is -5.52. The number of carbonyl (C=O) groups excluding carboxylic acids is 4. The summed E-state index contributed by atoms with van der Waals surface area (Å²) >= 11 is 6.36. The van der Waals surface area contributed by atoms with Gasteiger partial charge in [-0.3, -0.25) is 29.5 Å². The maximum atomic E-state index is 15.2. The molecule has 54 heavy (non-hydrogen) atoms. The Kier molecular flexibility index (Phi) is 8.31. The largest absolute Gasteiger partial charge is 0.508 e. The predicted octanol–water partition coefficient (Wildman–Crippen LogP) is 6.21. The molecule has 0 spiro atoms. The number of fused-ring (bicyclic) bond motifs is 4. The van der Waals surface area contributed by atoms with Crippen molar-refractivity contribution < 1.29 is 33.4 Å². The van der Waals surface area contributed by atoms with Crippen LogP contribution in [0.2, 0.25) is 5.02 Å². The summed E-state index contributed by atoms with van der Waals surface area (Å²) in [5.74, 6) is -6.28. The smallest absolute Gasteiger partial charge is 0.260 e. The molecule has 5 aliphatic rings. The van der Waals surface area contributed by atoms with E-state index in [0.29, 0.717) is 40.7 Å². The molecule has 3 heterocycles. The van der Waals surface area contributed by atoms with E-state index in [-0.39, 0.29) is 30.4 Å². The first kappa shape index (κ1) is 34.3. The third-order valence-electron chi connectivity index (χ3n) is 12.0. The molecule has 0 unspecified atom stereocenters. The van der Waals surface area contributed by atoms with Crippen molar-refractivity contribution in [3.8, 4) is 5.75 Å². The summed E-state index contributed by atoms with van der Waals surface area (Å²) in [7, 11) is 0. The Morgan fingerprint density at radius 3 is 2.19 bits per heavy atom. The van der Waals surface area contributed by atoms with Gasteiger partial charge in [0.1, 0.15) is 11.6 Å². The molecular weight excluding hydrogens is 711 g/mol. The lowest BCUT2D eigenvalue weighted by Gasteiger charge is -2.50. The second-order valence-electron chi connectivity index (χ2n) is 14.6. The lowest BCUT2D eigenvalue weighted by Crippen LogP contribution is -2.53. The van der Waals surface area contributed by atoms with Crippen molar-refractivity contribution >= 4 is 52.3 Å². The molecular formula is C42H36ClFN4O6. The van der Waals surface area contributed by atoms with Gasteiger partial charge in [0.05, 0.1) is 47.8 Å². The molecule has 6 atom stereocenters. The van der Waals surface area contributed by atoms with Gasteiger partial charge in [0.2, 0.25) is 11.8 Å². The molecule has 4 amide bonds. The van der Waals surface area contributed by atoms with Crippen LogP contribution in [0.1, 0.15) is 29.9 Å². The number of ether oxygens (including phenoxy) is 1. The normalized spacial score (nSPS) is 27.8. The molecule has 3 saturated heterocycles. The van der Waals surface area contributed by atoms with Crippen molar-refractivity contribution in [2.75, 3.05) is 41.5 Å². The molecule has 1 saturated carbocycles. The van der Waals surface area contributed by atoms with E-state index in [2.05, 4.69) is 10.3 Å². The number of imide groups is 2. The summed E-state index contributed by atoms with van der Waals surface area (Å²) in [5, 5.41) is 12.9. The first-order valence-corrected chi connectivity index (χ1v) is 18.5. The number of carbonyl (C=O) groups is 4. The zero-order valence-corrected chi connectivity index (χ0v) is 29.8. The Labute approximate surface area is 315 Å². The number of benzene rings is 4. The second kappa shape index (κ2) is 13.1. The molecule has 4 aromatic carbocycles. The van der Waals surface area contributed by atoms with Crippen LogP contribution in [0.25, 0.3) is 0 Å². The molecule has 2 aliphatic carbocycles. The topological polar surface area (TPSA) is 119 Å². The van der Waals surface area contributed by atoms with Gasteiger partial charge in [0.15, 0.2) is 0 Å². The van der Waals surface area contributed by atoms with Crippen molar-refractivity contribution in [2.45, 2.75) is 24.2 Å². The quantitative estimate of drug-likeness (QED) is 0.177. The molecule has 12 heteroatoms. The van der Waals surface area contributed by atoms with Gasteiger partial charge in [-0.2, -0.15) is 5.01 Å². The molecule has 2 N–H and O–H groups in total. The number of hydrazine groups is 1. The lowest BCUT2D eigenvalue weighted by atomic mass is 9.49. The van der Waals surface area contributed by atoms with Gasteiger partial charge in [-0.1, -0.05) is 53.6 Å². The fraction of sp³-hybridized carbons (Fsp3) is 0.286. The van der Waals surface area contributed by atoms with Crippen LogP contribution in [0, 0.1) is 29.5 Å². The number of rotatable bonds is 6. The summed E-state index contributed by atoms with van der Waals surface area (Å²) in [6, 6.07) is 26.2. The number of aromatic hydroxyl groups is 1. The minimum absolute atomic E-state index is 0.0701. The lowest BCUT2D eigenvalue weighted by molar-refractivity contribution is -0.138. The molecule has 274 valence electrons. The first-order chi connectivity index (χ1) is 26.2. The molecule has 9 rings (SSSR count). The predicted molar refractivity (Wildman–Crippen MR) is 199 cm³/mol. The van der Waals surface area contributed by atoms with E-state index in [1.807, 2.05) is 18.2 Å². The number of halogens is 2. The maximum Gasteiger partial charge on any atom is 0.260 e. The van der Waals surface area contributed by atoms with Crippen molar-refractivity contribution in [3.63, 3.8) is 0 Å². The minimum Gasteiger partial charge on any atom is -0.508 e. The van der Waals surface area contributed by atoms with Crippen molar-refractivity contribution in [3.05, 3.63) is 131 Å². The highest BCUT2D eigenvalue weighted by atomic mass is 35.5. The van der Waals surface area contributed by atoms with E-state index in [4.69, 9.17) is 16.3 Å². The van der Waals surface area contributed by atoms with Gasteiger partial charge in [0.25, 0.3) is 11.8 Å². The maximum absolute atomic E-state index is 15.2. The van der Waals surface area contributed by atoms with Crippen LogP contribution in [0.3, 0.4) is 0 Å². The zero-order valence-electron chi connectivity index (χ0n) is 29.0. The van der Waals surface area contributed by atoms with Gasteiger partial charge >= 0.3 is 0 Å². The molecule has 0 radical (unpaired) electrons. The number of anilines is 3. The number of nitrogens with zero attached hydrogens (tertiary/aromatic N) is 3. The summed E-state index contributed by atoms with van der Waals surface area (Å²) in [5.41, 5.74) is 4.79. The molecule has 0 aromatic heterocycles. The van der Waals surface area contributed by atoms with Gasteiger partial charge < -0.3 is 14.7 Å². The van der Waals surface area contributed by atoms with Crippen LogP contribution >= 0.6 is 11.6 Å². The third-order valence-corrected chi connectivity index (χ3v) is 12.2. The Morgan fingerprint density at radius 2 is 1.48 bits per heavy atom. The van der Waals surface area contributed by atoms with Crippen LogP contribution in [0.5, 0.6) is 5.75 Å². The number of hydrogen-bond acceptors (Lipinski definition) is 8. The fourth-order valence-electron chi connectivity index (χ4n) is 9.62. The Morgan fingerprint density at radius 1 is 0.796 bits per heavy atom. The summed E-state index contributed by atoms with van der Waals surface area (Å²) in [6.45, 7) is 2.74. The second-order valence-corrected chi connectivity index (χ2v) is 15.0. The highest BCUT2D eigenvalue weighted by molar-refractivity contribution is 6.30. The van der Waals surface area contributed by atoms with E-state index >= 15 is 4.79 Å². The number of para-hydroxylation sites is 1. The average Bonchev–Trinajstić information content (AvgIpc) is 3.57. The number of phenolic OH excluding ortho intramolecular Hbond substituents is 1. The van der Waals surface area contributed by atoms with Crippen molar-refractivity contribution in [1.82, 2.24) is 5.01 Å². The highest BCUT2D eigenvalue weighted by Gasteiger charge is 2.70. The fourth-order valence-corrected chi connectivity index (χ4v) is 9.75. The number of amides is 4. The highest BCUT2D eigenvalue weighted by Crippen LogP contribution is 2.65. The molecule has 4 fully saturated rings. The van der Waals surface area contributed by atoms with E-state index < -0.39 is 52.6 Å².